The Balaban J connectivity index is 2.31. The van der Waals surface area contributed by atoms with Gasteiger partial charge < -0.3 is 9.64 Å². The lowest BCUT2D eigenvalue weighted by atomic mass is 10.1. The molecule has 0 bridgehead atoms. The maximum atomic E-state index is 13.5. The molecule has 6 heteroatoms. The Morgan fingerprint density at radius 2 is 2.06 bits per heavy atom. The van der Waals surface area contributed by atoms with Crippen LogP contribution in [0, 0.1) is 17.5 Å². The normalized spacial score (nSPS) is 20.0. The lowest BCUT2D eigenvalue weighted by Gasteiger charge is -2.33. The third kappa shape index (κ3) is 2.20. The average Bonchev–Trinajstić information content (AvgIpc) is 2.36. The highest BCUT2D eigenvalue weighted by molar-refractivity contribution is 5.94. The molecule has 3 nitrogen and oxygen atoms in total. The third-order valence-corrected chi connectivity index (χ3v) is 2.89. The summed E-state index contributed by atoms with van der Waals surface area (Å²) in [6.45, 7) is 2.74. The second-order valence-electron chi connectivity index (χ2n) is 4.15. The van der Waals surface area contributed by atoms with E-state index in [1.807, 2.05) is 0 Å². The van der Waals surface area contributed by atoms with Crippen molar-refractivity contribution in [3.63, 3.8) is 0 Å². The van der Waals surface area contributed by atoms with Crippen molar-refractivity contribution in [3.05, 3.63) is 35.1 Å². The molecule has 0 spiro atoms. The van der Waals surface area contributed by atoms with Gasteiger partial charge in [-0.1, -0.05) is 0 Å². The molecule has 1 fully saturated rings. The first-order valence-corrected chi connectivity index (χ1v) is 5.54. The van der Waals surface area contributed by atoms with Crippen molar-refractivity contribution >= 4 is 5.91 Å². The number of rotatable bonds is 1. The lowest BCUT2D eigenvalue weighted by molar-refractivity contribution is 0.00329. The Kier molecular flexibility index (Phi) is 3.56. The van der Waals surface area contributed by atoms with Crippen molar-refractivity contribution in [2.45, 2.75) is 13.0 Å². The van der Waals surface area contributed by atoms with Gasteiger partial charge in [-0.2, -0.15) is 0 Å². The minimum Gasteiger partial charge on any atom is -0.377 e. The first kappa shape index (κ1) is 12.9. The number of hydrogen-bond donors (Lipinski definition) is 0. The second-order valence-corrected chi connectivity index (χ2v) is 4.15. The Morgan fingerprint density at radius 1 is 1.33 bits per heavy atom. The third-order valence-electron chi connectivity index (χ3n) is 2.89. The minimum atomic E-state index is -1.62. The predicted molar refractivity (Wildman–Crippen MR) is 57.6 cm³/mol. The van der Waals surface area contributed by atoms with Gasteiger partial charge in [0.05, 0.1) is 24.8 Å². The fourth-order valence-corrected chi connectivity index (χ4v) is 1.87. The Morgan fingerprint density at radius 3 is 2.72 bits per heavy atom. The van der Waals surface area contributed by atoms with Crippen LogP contribution in [0.15, 0.2) is 12.1 Å². The van der Waals surface area contributed by atoms with E-state index in [1.54, 1.807) is 6.92 Å². The average molecular weight is 259 g/mol. The SMILES string of the molecule is CC1COCCN1C(=O)c1ccc(F)c(F)c1F. The number of nitrogens with zero attached hydrogens (tertiary/aromatic N) is 1. The smallest absolute Gasteiger partial charge is 0.257 e. The van der Waals surface area contributed by atoms with Gasteiger partial charge in [-0.25, -0.2) is 13.2 Å². The molecule has 1 aromatic rings. The standard InChI is InChI=1S/C12H12F3NO2/c1-7-6-18-5-4-16(7)12(17)8-2-3-9(13)11(15)10(8)14/h2-3,7H,4-6H2,1H3. The van der Waals surface area contributed by atoms with Gasteiger partial charge in [-0.05, 0) is 19.1 Å². The van der Waals surface area contributed by atoms with Crippen LogP contribution in [0.3, 0.4) is 0 Å². The van der Waals surface area contributed by atoms with Crippen LogP contribution in [-0.2, 0) is 4.74 Å². The van der Waals surface area contributed by atoms with Crippen LogP contribution in [-0.4, -0.2) is 36.6 Å². The number of carbonyl (C=O) groups excluding carboxylic acids is 1. The summed E-state index contributed by atoms with van der Waals surface area (Å²) in [5.41, 5.74) is -0.456. The molecule has 1 amide bonds. The first-order valence-electron chi connectivity index (χ1n) is 5.54. The van der Waals surface area contributed by atoms with E-state index in [9.17, 15) is 18.0 Å². The number of hydrogen-bond acceptors (Lipinski definition) is 2. The maximum absolute atomic E-state index is 13.5. The van der Waals surface area contributed by atoms with Crippen LogP contribution in [0.1, 0.15) is 17.3 Å². The molecule has 0 N–H and O–H groups in total. The number of morpholine rings is 1. The molecular formula is C12H12F3NO2. The van der Waals surface area contributed by atoms with E-state index in [0.717, 1.165) is 12.1 Å². The molecule has 1 aliphatic heterocycles. The quantitative estimate of drug-likeness (QED) is 0.722. The molecule has 0 radical (unpaired) electrons. The van der Waals surface area contributed by atoms with E-state index in [0.29, 0.717) is 19.8 Å². The summed E-state index contributed by atoms with van der Waals surface area (Å²) in [6.07, 6.45) is 0. The summed E-state index contributed by atoms with van der Waals surface area (Å²) < 4.78 is 44.5. The van der Waals surface area contributed by atoms with Crippen molar-refractivity contribution in [2.75, 3.05) is 19.8 Å². The number of ether oxygens (including phenoxy) is 1. The highest BCUT2D eigenvalue weighted by Crippen LogP contribution is 2.19. The lowest BCUT2D eigenvalue weighted by Crippen LogP contribution is -2.47. The molecule has 1 unspecified atom stereocenters. The number of carbonyl (C=O) groups is 1. The Hall–Kier alpha value is -1.56. The van der Waals surface area contributed by atoms with Crippen LogP contribution in [0.5, 0.6) is 0 Å². The van der Waals surface area contributed by atoms with E-state index in [2.05, 4.69) is 0 Å². The number of halogens is 3. The highest BCUT2D eigenvalue weighted by Gasteiger charge is 2.28. The summed E-state index contributed by atoms with van der Waals surface area (Å²) in [5, 5.41) is 0. The van der Waals surface area contributed by atoms with Crippen LogP contribution in [0.25, 0.3) is 0 Å². The first-order chi connectivity index (χ1) is 8.52. The van der Waals surface area contributed by atoms with Crippen molar-refractivity contribution in [1.29, 1.82) is 0 Å². The summed E-state index contributed by atoms with van der Waals surface area (Å²) in [5.74, 6) is -5.03. The summed E-state index contributed by atoms with van der Waals surface area (Å²) in [4.78, 5) is 13.4. The van der Waals surface area contributed by atoms with Gasteiger partial charge >= 0.3 is 0 Å². The minimum absolute atomic E-state index is 0.223. The predicted octanol–water partition coefficient (Wildman–Crippen LogP) is 1.96. The van der Waals surface area contributed by atoms with E-state index in [-0.39, 0.29) is 6.04 Å². The summed E-state index contributed by atoms with van der Waals surface area (Å²) in [6, 6.07) is 1.48. The maximum Gasteiger partial charge on any atom is 0.257 e. The van der Waals surface area contributed by atoms with Gasteiger partial charge in [0.25, 0.3) is 5.91 Å². The van der Waals surface area contributed by atoms with E-state index in [1.165, 1.54) is 4.90 Å². The van der Waals surface area contributed by atoms with Gasteiger partial charge in [0.15, 0.2) is 17.5 Å². The zero-order valence-corrected chi connectivity index (χ0v) is 9.75. The zero-order valence-electron chi connectivity index (χ0n) is 9.75. The molecule has 1 atom stereocenters. The van der Waals surface area contributed by atoms with Gasteiger partial charge in [0.2, 0.25) is 0 Å². The second kappa shape index (κ2) is 4.97. The van der Waals surface area contributed by atoms with Gasteiger partial charge in [-0.15, -0.1) is 0 Å². The van der Waals surface area contributed by atoms with Gasteiger partial charge in [0, 0.05) is 6.54 Å². The largest absolute Gasteiger partial charge is 0.377 e. The number of benzene rings is 1. The highest BCUT2D eigenvalue weighted by atomic mass is 19.2. The molecule has 1 aliphatic rings. The number of amides is 1. The molecule has 1 heterocycles. The van der Waals surface area contributed by atoms with Crippen LogP contribution in [0.4, 0.5) is 13.2 Å². The molecule has 0 saturated carbocycles. The molecule has 18 heavy (non-hydrogen) atoms. The van der Waals surface area contributed by atoms with Crippen molar-refractivity contribution in [2.24, 2.45) is 0 Å². The molecule has 1 saturated heterocycles. The zero-order chi connectivity index (χ0) is 13.3. The van der Waals surface area contributed by atoms with E-state index >= 15 is 0 Å². The summed E-state index contributed by atoms with van der Waals surface area (Å²) in [7, 11) is 0. The fraction of sp³-hybridized carbons (Fsp3) is 0.417. The summed E-state index contributed by atoms with van der Waals surface area (Å²) >= 11 is 0. The Labute approximate surface area is 102 Å². The van der Waals surface area contributed by atoms with Crippen molar-refractivity contribution in [1.82, 2.24) is 4.90 Å². The van der Waals surface area contributed by atoms with Crippen molar-refractivity contribution in [3.8, 4) is 0 Å². The molecule has 1 aromatic carbocycles. The van der Waals surface area contributed by atoms with Crippen LogP contribution >= 0.6 is 0 Å². The van der Waals surface area contributed by atoms with Crippen molar-refractivity contribution < 1.29 is 22.7 Å². The topological polar surface area (TPSA) is 29.5 Å². The molecular weight excluding hydrogens is 247 g/mol. The molecule has 98 valence electrons. The van der Waals surface area contributed by atoms with Gasteiger partial charge in [0.1, 0.15) is 0 Å². The fourth-order valence-electron chi connectivity index (χ4n) is 1.87. The Bertz CT molecular complexity index is 479. The van der Waals surface area contributed by atoms with Crippen LogP contribution in [0.2, 0.25) is 0 Å². The molecule has 2 rings (SSSR count). The van der Waals surface area contributed by atoms with E-state index < -0.39 is 28.9 Å². The molecule has 0 aromatic heterocycles. The van der Waals surface area contributed by atoms with Gasteiger partial charge in [-0.3, -0.25) is 4.79 Å². The molecule has 0 aliphatic carbocycles. The monoisotopic (exact) mass is 259 g/mol. The van der Waals surface area contributed by atoms with Crippen LogP contribution < -0.4 is 0 Å². The van der Waals surface area contributed by atoms with E-state index in [4.69, 9.17) is 4.74 Å².